The molecule has 0 saturated carbocycles. The van der Waals surface area contributed by atoms with Crippen LogP contribution >= 0.6 is 11.6 Å². The summed E-state index contributed by atoms with van der Waals surface area (Å²) >= 11 is 5.88. The van der Waals surface area contributed by atoms with Crippen LogP contribution in [0.3, 0.4) is 0 Å². The van der Waals surface area contributed by atoms with Gasteiger partial charge in [0.1, 0.15) is 11.2 Å². The van der Waals surface area contributed by atoms with Gasteiger partial charge >= 0.3 is 0 Å². The summed E-state index contributed by atoms with van der Waals surface area (Å²) < 4.78 is 14.2. The maximum absolute atomic E-state index is 14.2. The van der Waals surface area contributed by atoms with Gasteiger partial charge in [-0.05, 0) is 24.6 Å². The van der Waals surface area contributed by atoms with E-state index in [9.17, 15) is 14.0 Å². The monoisotopic (exact) mass is 386 g/mol. The Balaban J connectivity index is 1.82. The summed E-state index contributed by atoms with van der Waals surface area (Å²) in [5, 5.41) is 11.7. The molecule has 6 nitrogen and oxygen atoms in total. The first-order chi connectivity index (χ1) is 13.0. The number of anilines is 1. The molecule has 1 atom stereocenters. The summed E-state index contributed by atoms with van der Waals surface area (Å²) in [5.74, 6) is -1.58. The number of halogens is 2. The molecular weight excluding hydrogens is 371 g/mol. The summed E-state index contributed by atoms with van der Waals surface area (Å²) in [4.78, 5) is 30.1. The number of pyridine rings is 1. The fourth-order valence-electron chi connectivity index (χ4n) is 3.02. The van der Waals surface area contributed by atoms with Gasteiger partial charge in [0, 0.05) is 12.6 Å². The minimum absolute atomic E-state index is 0.0629. The summed E-state index contributed by atoms with van der Waals surface area (Å²) in [6.45, 7) is 2.01. The van der Waals surface area contributed by atoms with Crippen molar-refractivity contribution in [3.05, 3.63) is 58.0 Å². The summed E-state index contributed by atoms with van der Waals surface area (Å²) in [7, 11) is 0. The highest BCUT2D eigenvalue weighted by atomic mass is 35.5. The lowest BCUT2D eigenvalue weighted by Crippen LogP contribution is -2.40. The highest BCUT2D eigenvalue weighted by Crippen LogP contribution is 2.25. The van der Waals surface area contributed by atoms with Crippen LogP contribution in [-0.2, 0) is 0 Å². The molecule has 2 heterocycles. The molecule has 2 aromatic rings. The standard InChI is InChI=1S/C19H16ClFN4O2/c1-2-5-12(23-17-15(21)8-11(9-22)16(20)24-17)10-25-18(26)13-6-3-4-7-14(13)19(25)27/h3-4,6-8,12H,2,5,10H2,1H3,(H,23,24)/t12-/m1/s1. The number of hydrogen-bond acceptors (Lipinski definition) is 5. The van der Waals surface area contributed by atoms with Gasteiger partial charge in [0.05, 0.1) is 16.7 Å². The third-order valence-corrected chi connectivity index (χ3v) is 4.60. The molecule has 0 spiro atoms. The van der Waals surface area contributed by atoms with Gasteiger partial charge in [0.2, 0.25) is 0 Å². The first-order valence-electron chi connectivity index (χ1n) is 8.44. The molecule has 27 heavy (non-hydrogen) atoms. The van der Waals surface area contributed by atoms with Crippen LogP contribution in [0.4, 0.5) is 10.2 Å². The van der Waals surface area contributed by atoms with Gasteiger partial charge in [-0.15, -0.1) is 0 Å². The molecule has 2 amide bonds. The fraction of sp³-hybridized carbons (Fsp3) is 0.263. The van der Waals surface area contributed by atoms with E-state index in [1.807, 2.05) is 6.92 Å². The van der Waals surface area contributed by atoms with E-state index in [0.29, 0.717) is 17.5 Å². The van der Waals surface area contributed by atoms with Gasteiger partial charge < -0.3 is 5.32 Å². The van der Waals surface area contributed by atoms with Crippen LogP contribution in [0.25, 0.3) is 0 Å². The molecule has 1 N–H and O–H groups in total. The number of nitriles is 1. The third kappa shape index (κ3) is 3.62. The maximum Gasteiger partial charge on any atom is 0.261 e. The summed E-state index contributed by atoms with van der Waals surface area (Å²) in [5.41, 5.74) is 0.666. The van der Waals surface area contributed by atoms with Crippen molar-refractivity contribution in [2.75, 3.05) is 11.9 Å². The zero-order valence-corrected chi connectivity index (χ0v) is 15.3. The molecule has 1 aromatic carbocycles. The number of carbonyl (C=O) groups is 2. The number of nitrogens with one attached hydrogen (secondary N) is 1. The Kier molecular flexibility index (Phi) is 5.38. The number of benzene rings is 1. The van der Waals surface area contributed by atoms with Crippen LogP contribution < -0.4 is 5.32 Å². The van der Waals surface area contributed by atoms with Crippen molar-refractivity contribution in [3.8, 4) is 6.07 Å². The van der Waals surface area contributed by atoms with Crippen molar-refractivity contribution in [2.45, 2.75) is 25.8 Å². The largest absolute Gasteiger partial charge is 0.363 e. The molecule has 0 bridgehead atoms. The highest BCUT2D eigenvalue weighted by Gasteiger charge is 2.36. The van der Waals surface area contributed by atoms with E-state index in [2.05, 4.69) is 10.3 Å². The SMILES string of the molecule is CCC[C@H](CN1C(=O)c2ccccc2C1=O)Nc1nc(Cl)c(C#N)cc1F. The van der Waals surface area contributed by atoms with Gasteiger partial charge in [-0.1, -0.05) is 37.1 Å². The second-order valence-electron chi connectivity index (χ2n) is 6.17. The molecule has 0 unspecified atom stereocenters. The Morgan fingerprint density at radius 3 is 2.48 bits per heavy atom. The van der Waals surface area contributed by atoms with E-state index < -0.39 is 11.9 Å². The van der Waals surface area contributed by atoms with Gasteiger partial charge in [0.15, 0.2) is 11.6 Å². The fourth-order valence-corrected chi connectivity index (χ4v) is 3.20. The molecule has 138 valence electrons. The van der Waals surface area contributed by atoms with Crippen molar-refractivity contribution in [1.29, 1.82) is 5.26 Å². The molecule has 0 aliphatic carbocycles. The first-order valence-corrected chi connectivity index (χ1v) is 8.82. The molecule has 3 rings (SSSR count). The maximum atomic E-state index is 14.2. The van der Waals surface area contributed by atoms with Gasteiger partial charge in [-0.25, -0.2) is 9.37 Å². The molecule has 1 aromatic heterocycles. The third-order valence-electron chi connectivity index (χ3n) is 4.31. The van der Waals surface area contributed by atoms with Crippen molar-refractivity contribution in [2.24, 2.45) is 0 Å². The number of carbonyl (C=O) groups excluding carboxylic acids is 2. The average molecular weight is 387 g/mol. The van der Waals surface area contributed by atoms with E-state index in [1.165, 1.54) is 0 Å². The molecule has 1 aliphatic heterocycles. The van der Waals surface area contributed by atoms with E-state index in [1.54, 1.807) is 30.3 Å². The number of aromatic nitrogens is 1. The van der Waals surface area contributed by atoms with Crippen LogP contribution in [0, 0.1) is 17.1 Å². The van der Waals surface area contributed by atoms with Crippen LogP contribution in [0.2, 0.25) is 5.15 Å². The molecule has 0 saturated heterocycles. The summed E-state index contributed by atoms with van der Waals surface area (Å²) in [6, 6.07) is 8.98. The van der Waals surface area contributed by atoms with Crippen molar-refractivity contribution < 1.29 is 14.0 Å². The van der Waals surface area contributed by atoms with Gasteiger partial charge in [0.25, 0.3) is 11.8 Å². The number of hydrogen-bond donors (Lipinski definition) is 1. The number of fused-ring (bicyclic) bond motifs is 1. The molecule has 0 fully saturated rings. The second kappa shape index (κ2) is 7.72. The number of imide groups is 1. The molecule has 8 heteroatoms. The van der Waals surface area contributed by atoms with Crippen molar-refractivity contribution >= 4 is 29.2 Å². The van der Waals surface area contributed by atoms with Crippen molar-refractivity contribution in [1.82, 2.24) is 9.88 Å². The van der Waals surface area contributed by atoms with E-state index >= 15 is 0 Å². The van der Waals surface area contributed by atoms with Gasteiger partial charge in [-0.3, -0.25) is 14.5 Å². The zero-order valence-electron chi connectivity index (χ0n) is 14.5. The van der Waals surface area contributed by atoms with Crippen LogP contribution in [0.1, 0.15) is 46.0 Å². The van der Waals surface area contributed by atoms with E-state index in [4.69, 9.17) is 16.9 Å². The Morgan fingerprint density at radius 1 is 1.30 bits per heavy atom. The Hall–Kier alpha value is -2.98. The summed E-state index contributed by atoms with van der Waals surface area (Å²) in [6.07, 6.45) is 1.32. The number of rotatable bonds is 6. The molecular formula is C19H16ClFN4O2. The average Bonchev–Trinajstić information content (AvgIpc) is 2.90. The Morgan fingerprint density at radius 2 is 1.93 bits per heavy atom. The minimum atomic E-state index is -0.723. The number of nitrogens with zero attached hydrogens (tertiary/aromatic N) is 3. The zero-order chi connectivity index (χ0) is 19.6. The quantitative estimate of drug-likeness (QED) is 0.605. The number of amides is 2. The van der Waals surface area contributed by atoms with Crippen LogP contribution in [0.15, 0.2) is 30.3 Å². The van der Waals surface area contributed by atoms with E-state index in [0.717, 1.165) is 17.4 Å². The highest BCUT2D eigenvalue weighted by molar-refractivity contribution is 6.30. The lowest BCUT2D eigenvalue weighted by molar-refractivity contribution is 0.0646. The topological polar surface area (TPSA) is 86.1 Å². The Bertz CT molecular complexity index is 922. The first kappa shape index (κ1) is 18.8. The second-order valence-corrected chi connectivity index (χ2v) is 6.52. The van der Waals surface area contributed by atoms with Crippen molar-refractivity contribution in [3.63, 3.8) is 0 Å². The molecule has 1 aliphatic rings. The predicted molar refractivity (Wildman–Crippen MR) is 98.0 cm³/mol. The van der Waals surface area contributed by atoms with Gasteiger partial charge in [-0.2, -0.15) is 5.26 Å². The lowest BCUT2D eigenvalue weighted by atomic mass is 10.1. The van der Waals surface area contributed by atoms with Crippen LogP contribution in [-0.4, -0.2) is 34.3 Å². The minimum Gasteiger partial charge on any atom is -0.363 e. The predicted octanol–water partition coefficient (Wildman–Crippen LogP) is 3.62. The Labute approximate surface area is 160 Å². The van der Waals surface area contributed by atoms with E-state index in [-0.39, 0.29) is 34.9 Å². The normalized spacial score (nSPS) is 14.1. The lowest BCUT2D eigenvalue weighted by Gasteiger charge is -2.24. The molecule has 0 radical (unpaired) electrons. The van der Waals surface area contributed by atoms with Crippen LogP contribution in [0.5, 0.6) is 0 Å². The smallest absolute Gasteiger partial charge is 0.261 e.